The van der Waals surface area contributed by atoms with Crippen LogP contribution in [0.4, 0.5) is 8.78 Å². The number of aliphatic carboxylic acids is 1. The van der Waals surface area contributed by atoms with Gasteiger partial charge in [0, 0.05) is 12.6 Å². The molecule has 1 aromatic carbocycles. The maximum Gasteiger partial charge on any atom is 0.307 e. The molecule has 0 aliphatic rings. The van der Waals surface area contributed by atoms with E-state index in [1.54, 1.807) is 0 Å². The zero-order valence-corrected chi connectivity index (χ0v) is 10.2. The minimum absolute atomic E-state index is 0.365. The molecule has 0 fully saturated rings. The summed E-state index contributed by atoms with van der Waals surface area (Å²) < 4.78 is 50.9. The summed E-state index contributed by atoms with van der Waals surface area (Å²) in [4.78, 5) is 9.92. The first-order chi connectivity index (χ1) is 8.22. The number of carbonyl (C=O) groups is 1. The predicted octanol–water partition coefficient (Wildman–Crippen LogP) is 0.964. The third-order valence-electron chi connectivity index (χ3n) is 2.15. The SMILES string of the molecule is CC(CNS(=O)(=O)c1cc(F)cc(F)c1)C(=O)O. The number of carboxylic acid groups (broad SMARTS) is 1. The summed E-state index contributed by atoms with van der Waals surface area (Å²) in [6.45, 7) is 0.937. The van der Waals surface area contributed by atoms with Gasteiger partial charge in [0.25, 0.3) is 0 Å². The van der Waals surface area contributed by atoms with E-state index in [4.69, 9.17) is 5.11 Å². The predicted molar refractivity (Wildman–Crippen MR) is 58.3 cm³/mol. The highest BCUT2D eigenvalue weighted by Gasteiger charge is 2.19. The second kappa shape index (κ2) is 5.40. The number of carboxylic acids is 1. The zero-order valence-electron chi connectivity index (χ0n) is 9.35. The van der Waals surface area contributed by atoms with Gasteiger partial charge in [-0.25, -0.2) is 21.9 Å². The molecule has 18 heavy (non-hydrogen) atoms. The van der Waals surface area contributed by atoms with E-state index in [0.717, 1.165) is 0 Å². The molecule has 0 spiro atoms. The van der Waals surface area contributed by atoms with Gasteiger partial charge in [0.15, 0.2) is 0 Å². The number of hydrogen-bond donors (Lipinski definition) is 2. The van der Waals surface area contributed by atoms with Crippen LogP contribution in [0.5, 0.6) is 0 Å². The average molecular weight is 279 g/mol. The molecule has 0 amide bonds. The van der Waals surface area contributed by atoms with E-state index in [1.165, 1.54) is 6.92 Å². The number of rotatable bonds is 5. The first-order valence-electron chi connectivity index (χ1n) is 4.91. The first kappa shape index (κ1) is 14.5. The number of benzene rings is 1. The molecule has 0 aromatic heterocycles. The van der Waals surface area contributed by atoms with E-state index >= 15 is 0 Å². The summed E-state index contributed by atoms with van der Waals surface area (Å²) in [5.41, 5.74) is 0. The lowest BCUT2D eigenvalue weighted by Gasteiger charge is -2.09. The van der Waals surface area contributed by atoms with Crippen molar-refractivity contribution in [2.75, 3.05) is 6.54 Å². The Balaban J connectivity index is 2.90. The summed E-state index contributed by atoms with van der Waals surface area (Å²) in [7, 11) is -4.13. The Bertz CT molecular complexity index is 539. The van der Waals surface area contributed by atoms with E-state index in [2.05, 4.69) is 0 Å². The van der Waals surface area contributed by atoms with Crippen LogP contribution in [0, 0.1) is 17.6 Å². The molecule has 8 heteroatoms. The van der Waals surface area contributed by atoms with Crippen LogP contribution in [0.1, 0.15) is 6.92 Å². The van der Waals surface area contributed by atoms with Crippen LogP contribution in [0.3, 0.4) is 0 Å². The van der Waals surface area contributed by atoms with E-state index in [1.807, 2.05) is 4.72 Å². The fourth-order valence-electron chi connectivity index (χ4n) is 1.09. The zero-order chi connectivity index (χ0) is 13.9. The number of nitrogens with one attached hydrogen (secondary N) is 1. The minimum atomic E-state index is -4.13. The molecule has 1 aromatic rings. The third-order valence-corrected chi connectivity index (χ3v) is 3.55. The van der Waals surface area contributed by atoms with Crippen molar-refractivity contribution in [1.29, 1.82) is 0 Å². The fraction of sp³-hybridized carbons (Fsp3) is 0.300. The maximum atomic E-state index is 12.9. The summed E-state index contributed by atoms with van der Waals surface area (Å²) in [5.74, 6) is -4.18. The normalized spacial score (nSPS) is 13.3. The second-order valence-corrected chi connectivity index (χ2v) is 5.46. The van der Waals surface area contributed by atoms with Crippen LogP contribution in [-0.2, 0) is 14.8 Å². The molecule has 1 atom stereocenters. The smallest absolute Gasteiger partial charge is 0.307 e. The lowest BCUT2D eigenvalue weighted by molar-refractivity contribution is -0.140. The van der Waals surface area contributed by atoms with Gasteiger partial charge in [-0.3, -0.25) is 4.79 Å². The molecule has 0 heterocycles. The van der Waals surface area contributed by atoms with E-state index in [9.17, 15) is 22.0 Å². The minimum Gasteiger partial charge on any atom is -0.481 e. The van der Waals surface area contributed by atoms with Crippen LogP contribution in [-0.4, -0.2) is 26.0 Å². The Morgan fingerprint density at radius 2 is 1.83 bits per heavy atom. The molecule has 0 radical (unpaired) electrons. The Morgan fingerprint density at radius 1 is 1.33 bits per heavy atom. The lowest BCUT2D eigenvalue weighted by Crippen LogP contribution is -2.31. The van der Waals surface area contributed by atoms with Gasteiger partial charge in [0.05, 0.1) is 10.8 Å². The highest BCUT2D eigenvalue weighted by Crippen LogP contribution is 2.13. The van der Waals surface area contributed by atoms with Gasteiger partial charge in [-0.15, -0.1) is 0 Å². The van der Waals surface area contributed by atoms with Crippen molar-refractivity contribution >= 4 is 16.0 Å². The molecule has 0 saturated heterocycles. The van der Waals surface area contributed by atoms with Gasteiger partial charge in [-0.1, -0.05) is 6.92 Å². The Hall–Kier alpha value is -1.54. The van der Waals surface area contributed by atoms with Crippen LogP contribution < -0.4 is 4.72 Å². The van der Waals surface area contributed by atoms with E-state index < -0.39 is 38.4 Å². The molecular formula is C10H11F2NO4S. The number of halogens is 2. The molecule has 1 rings (SSSR count). The van der Waals surface area contributed by atoms with Gasteiger partial charge in [-0.05, 0) is 12.1 Å². The Morgan fingerprint density at radius 3 is 2.28 bits per heavy atom. The average Bonchev–Trinajstić information content (AvgIpc) is 2.24. The molecular weight excluding hydrogens is 268 g/mol. The molecule has 0 aliphatic carbocycles. The molecule has 2 N–H and O–H groups in total. The van der Waals surface area contributed by atoms with Gasteiger partial charge < -0.3 is 5.11 Å². The van der Waals surface area contributed by atoms with Crippen molar-refractivity contribution in [3.8, 4) is 0 Å². The maximum absolute atomic E-state index is 12.9. The molecule has 0 saturated carbocycles. The summed E-state index contributed by atoms with van der Waals surface area (Å²) in [5, 5.41) is 8.58. The van der Waals surface area contributed by atoms with Crippen LogP contribution >= 0.6 is 0 Å². The van der Waals surface area contributed by atoms with Crippen LogP contribution in [0.2, 0.25) is 0 Å². The fourth-order valence-corrected chi connectivity index (χ4v) is 2.26. The summed E-state index contributed by atoms with van der Waals surface area (Å²) in [6.07, 6.45) is 0. The molecule has 0 bridgehead atoms. The van der Waals surface area contributed by atoms with Crippen LogP contribution in [0.15, 0.2) is 23.1 Å². The van der Waals surface area contributed by atoms with Gasteiger partial charge in [-0.2, -0.15) is 0 Å². The molecule has 100 valence electrons. The van der Waals surface area contributed by atoms with Crippen molar-refractivity contribution in [3.63, 3.8) is 0 Å². The van der Waals surface area contributed by atoms with Gasteiger partial charge in [0.2, 0.25) is 10.0 Å². The molecule has 0 aliphatic heterocycles. The first-order valence-corrected chi connectivity index (χ1v) is 6.39. The van der Waals surface area contributed by atoms with E-state index in [0.29, 0.717) is 18.2 Å². The van der Waals surface area contributed by atoms with Crippen molar-refractivity contribution in [2.24, 2.45) is 5.92 Å². The van der Waals surface area contributed by atoms with Crippen molar-refractivity contribution < 1.29 is 27.1 Å². The largest absolute Gasteiger partial charge is 0.481 e. The highest BCUT2D eigenvalue weighted by atomic mass is 32.2. The second-order valence-electron chi connectivity index (χ2n) is 3.70. The number of hydrogen-bond acceptors (Lipinski definition) is 3. The van der Waals surface area contributed by atoms with Crippen molar-refractivity contribution in [1.82, 2.24) is 4.72 Å². The summed E-state index contributed by atoms with van der Waals surface area (Å²) in [6, 6.07) is 1.84. The Kier molecular flexibility index (Phi) is 4.36. The lowest BCUT2D eigenvalue weighted by atomic mass is 10.2. The topological polar surface area (TPSA) is 83.5 Å². The highest BCUT2D eigenvalue weighted by molar-refractivity contribution is 7.89. The van der Waals surface area contributed by atoms with Crippen molar-refractivity contribution in [3.05, 3.63) is 29.8 Å². The standard InChI is InChI=1S/C10H11F2NO4S/c1-6(10(14)15)5-13-18(16,17)9-3-7(11)2-8(12)4-9/h2-4,6,13H,5H2,1H3,(H,14,15). The Labute approximate surface area is 102 Å². The van der Waals surface area contributed by atoms with Crippen molar-refractivity contribution in [2.45, 2.75) is 11.8 Å². The monoisotopic (exact) mass is 279 g/mol. The summed E-state index contributed by atoms with van der Waals surface area (Å²) >= 11 is 0. The van der Waals surface area contributed by atoms with Crippen LogP contribution in [0.25, 0.3) is 0 Å². The quantitative estimate of drug-likeness (QED) is 0.841. The third kappa shape index (κ3) is 3.74. The van der Waals surface area contributed by atoms with E-state index in [-0.39, 0.29) is 6.54 Å². The van der Waals surface area contributed by atoms with Gasteiger partial charge >= 0.3 is 5.97 Å². The molecule has 5 nitrogen and oxygen atoms in total. The van der Waals surface area contributed by atoms with Gasteiger partial charge in [0.1, 0.15) is 11.6 Å². The molecule has 1 unspecified atom stereocenters. The number of sulfonamides is 1.